The zero-order valence-electron chi connectivity index (χ0n) is 14.9. The normalized spacial score (nSPS) is 10.1. The number of carbonyl (C=O) groups is 2. The van der Waals surface area contributed by atoms with Crippen molar-refractivity contribution < 1.29 is 19.1 Å². The number of nitrogens with one attached hydrogen (secondary N) is 2. The monoisotopic (exact) mass is 375 g/mol. The highest BCUT2D eigenvalue weighted by Gasteiger charge is 2.15. The molecule has 2 N–H and O–H groups in total. The summed E-state index contributed by atoms with van der Waals surface area (Å²) in [7, 11) is 1.50. The minimum Gasteiger partial charge on any atom is -0.493 e. The second kappa shape index (κ2) is 9.67. The standard InChI is InChI=1S/C18H21N3O4S/c1-4-10-25-14-8-7-12(11-15(14)24-2)16(22)20-21-17(23)13-6-5-9-19-18(13)26-3/h5-9,11H,4,10H2,1-3H3,(H,20,22)(H,21,23). The van der Waals surface area contributed by atoms with Gasteiger partial charge in [-0.25, -0.2) is 4.98 Å². The third kappa shape index (κ3) is 4.89. The topological polar surface area (TPSA) is 89.6 Å². The summed E-state index contributed by atoms with van der Waals surface area (Å²) in [6.45, 7) is 2.56. The molecule has 1 aromatic carbocycles. The van der Waals surface area contributed by atoms with Gasteiger partial charge < -0.3 is 9.47 Å². The van der Waals surface area contributed by atoms with Gasteiger partial charge in [-0.15, -0.1) is 11.8 Å². The predicted molar refractivity (Wildman–Crippen MR) is 99.7 cm³/mol. The lowest BCUT2D eigenvalue weighted by molar-refractivity contribution is 0.0844. The van der Waals surface area contributed by atoms with Crippen LogP contribution < -0.4 is 20.3 Å². The molecule has 0 fully saturated rings. The van der Waals surface area contributed by atoms with Crippen LogP contribution in [0.4, 0.5) is 0 Å². The number of aromatic nitrogens is 1. The highest BCUT2D eigenvalue weighted by molar-refractivity contribution is 7.98. The first-order chi connectivity index (χ1) is 12.6. The van der Waals surface area contributed by atoms with Crippen molar-refractivity contribution in [1.29, 1.82) is 0 Å². The van der Waals surface area contributed by atoms with Crippen molar-refractivity contribution in [2.24, 2.45) is 0 Å². The number of amides is 2. The molecule has 2 rings (SSSR count). The number of hydrazine groups is 1. The maximum atomic E-state index is 12.3. The lowest BCUT2D eigenvalue weighted by Crippen LogP contribution is -2.41. The van der Waals surface area contributed by atoms with E-state index in [2.05, 4.69) is 15.8 Å². The summed E-state index contributed by atoms with van der Waals surface area (Å²) in [5.74, 6) is 0.114. The minimum absolute atomic E-state index is 0.335. The van der Waals surface area contributed by atoms with Crippen LogP contribution in [0.1, 0.15) is 34.1 Å². The molecule has 1 aromatic heterocycles. The first-order valence-corrected chi connectivity index (χ1v) is 9.23. The number of carbonyl (C=O) groups excluding carboxylic acids is 2. The Bertz CT molecular complexity index is 783. The van der Waals surface area contributed by atoms with Crippen molar-refractivity contribution in [3.05, 3.63) is 47.7 Å². The summed E-state index contributed by atoms with van der Waals surface area (Å²) in [4.78, 5) is 28.6. The molecule has 26 heavy (non-hydrogen) atoms. The fourth-order valence-corrected chi connectivity index (χ4v) is 2.67. The van der Waals surface area contributed by atoms with Gasteiger partial charge in [0.2, 0.25) is 0 Å². The van der Waals surface area contributed by atoms with E-state index in [0.29, 0.717) is 34.3 Å². The van der Waals surface area contributed by atoms with E-state index in [1.807, 2.05) is 13.2 Å². The molecule has 0 aliphatic heterocycles. The van der Waals surface area contributed by atoms with Crippen LogP contribution in [0, 0.1) is 0 Å². The number of thioether (sulfide) groups is 1. The van der Waals surface area contributed by atoms with Gasteiger partial charge in [-0.2, -0.15) is 0 Å². The molecule has 0 unspecified atom stereocenters. The van der Waals surface area contributed by atoms with Gasteiger partial charge in [0.15, 0.2) is 11.5 Å². The number of methoxy groups -OCH3 is 1. The van der Waals surface area contributed by atoms with Crippen molar-refractivity contribution >= 4 is 23.6 Å². The van der Waals surface area contributed by atoms with E-state index in [9.17, 15) is 9.59 Å². The van der Waals surface area contributed by atoms with E-state index in [1.54, 1.807) is 36.5 Å². The summed E-state index contributed by atoms with van der Waals surface area (Å²) < 4.78 is 10.8. The van der Waals surface area contributed by atoms with Crippen LogP contribution in [-0.4, -0.2) is 36.8 Å². The minimum atomic E-state index is -0.465. The molecule has 0 radical (unpaired) electrons. The zero-order chi connectivity index (χ0) is 18.9. The maximum Gasteiger partial charge on any atom is 0.272 e. The van der Waals surface area contributed by atoms with Crippen LogP contribution in [0.15, 0.2) is 41.6 Å². The summed E-state index contributed by atoms with van der Waals surface area (Å²) in [6, 6.07) is 8.13. The first kappa shape index (κ1) is 19.6. The van der Waals surface area contributed by atoms with Crippen molar-refractivity contribution in [2.45, 2.75) is 18.4 Å². The largest absolute Gasteiger partial charge is 0.493 e. The van der Waals surface area contributed by atoms with E-state index in [-0.39, 0.29) is 0 Å². The number of hydrogen-bond donors (Lipinski definition) is 2. The van der Waals surface area contributed by atoms with Crippen LogP contribution in [0.5, 0.6) is 11.5 Å². The quantitative estimate of drug-likeness (QED) is 0.571. The highest BCUT2D eigenvalue weighted by atomic mass is 32.2. The molecule has 2 aromatic rings. The van der Waals surface area contributed by atoms with E-state index in [0.717, 1.165) is 6.42 Å². The molecule has 0 atom stereocenters. The summed E-state index contributed by atoms with van der Waals surface area (Å²) in [5.41, 5.74) is 5.51. The van der Waals surface area contributed by atoms with E-state index in [4.69, 9.17) is 9.47 Å². The second-order valence-corrected chi connectivity index (χ2v) is 5.98. The van der Waals surface area contributed by atoms with Crippen LogP contribution in [0.3, 0.4) is 0 Å². The number of benzene rings is 1. The lowest BCUT2D eigenvalue weighted by Gasteiger charge is -2.12. The van der Waals surface area contributed by atoms with Gasteiger partial charge in [0.25, 0.3) is 11.8 Å². The molecular weight excluding hydrogens is 354 g/mol. The summed E-state index contributed by atoms with van der Waals surface area (Å²) in [6.07, 6.45) is 4.30. The van der Waals surface area contributed by atoms with Crippen LogP contribution >= 0.6 is 11.8 Å². The second-order valence-electron chi connectivity index (χ2n) is 5.18. The Morgan fingerprint density at radius 3 is 2.62 bits per heavy atom. The van der Waals surface area contributed by atoms with Crippen LogP contribution in [0.25, 0.3) is 0 Å². The molecule has 0 aliphatic carbocycles. The molecular formula is C18H21N3O4S. The molecule has 2 amide bonds. The average Bonchev–Trinajstić information content (AvgIpc) is 2.69. The van der Waals surface area contributed by atoms with Crippen molar-refractivity contribution in [1.82, 2.24) is 15.8 Å². The third-order valence-electron chi connectivity index (χ3n) is 3.39. The fraction of sp³-hybridized carbons (Fsp3) is 0.278. The zero-order valence-corrected chi connectivity index (χ0v) is 15.7. The van der Waals surface area contributed by atoms with Gasteiger partial charge in [-0.3, -0.25) is 20.4 Å². The van der Waals surface area contributed by atoms with Gasteiger partial charge in [0.1, 0.15) is 5.03 Å². The smallest absolute Gasteiger partial charge is 0.272 e. The van der Waals surface area contributed by atoms with Crippen molar-refractivity contribution in [3.63, 3.8) is 0 Å². The Kier molecular flexibility index (Phi) is 7.28. The molecule has 7 nitrogen and oxygen atoms in total. The fourth-order valence-electron chi connectivity index (χ4n) is 2.12. The first-order valence-electron chi connectivity index (χ1n) is 8.01. The Morgan fingerprint density at radius 2 is 1.92 bits per heavy atom. The lowest BCUT2D eigenvalue weighted by atomic mass is 10.2. The Morgan fingerprint density at radius 1 is 1.15 bits per heavy atom. The number of pyridine rings is 1. The molecule has 138 valence electrons. The van der Waals surface area contributed by atoms with Gasteiger partial charge in [-0.1, -0.05) is 6.92 Å². The molecule has 8 heteroatoms. The van der Waals surface area contributed by atoms with Gasteiger partial charge in [0.05, 0.1) is 19.3 Å². The van der Waals surface area contributed by atoms with Crippen molar-refractivity contribution in [3.8, 4) is 11.5 Å². The Hall–Kier alpha value is -2.74. The molecule has 0 spiro atoms. The summed E-state index contributed by atoms with van der Waals surface area (Å²) >= 11 is 1.35. The molecule has 0 saturated carbocycles. The van der Waals surface area contributed by atoms with Crippen LogP contribution in [-0.2, 0) is 0 Å². The highest BCUT2D eigenvalue weighted by Crippen LogP contribution is 2.28. The van der Waals surface area contributed by atoms with E-state index in [1.165, 1.54) is 18.9 Å². The number of ether oxygens (including phenoxy) is 2. The molecule has 0 saturated heterocycles. The van der Waals surface area contributed by atoms with Crippen molar-refractivity contribution in [2.75, 3.05) is 20.0 Å². The Labute approximate surface area is 156 Å². The SMILES string of the molecule is CCCOc1ccc(C(=O)NNC(=O)c2cccnc2SC)cc1OC. The van der Waals surface area contributed by atoms with E-state index >= 15 is 0 Å². The average molecular weight is 375 g/mol. The molecule has 1 heterocycles. The Balaban J connectivity index is 2.04. The number of hydrogen-bond acceptors (Lipinski definition) is 6. The number of rotatable bonds is 7. The maximum absolute atomic E-state index is 12.3. The third-order valence-corrected chi connectivity index (χ3v) is 4.10. The van der Waals surface area contributed by atoms with Crippen LogP contribution in [0.2, 0.25) is 0 Å². The predicted octanol–water partition coefficient (Wildman–Crippen LogP) is 2.68. The molecule has 0 aliphatic rings. The van der Waals surface area contributed by atoms with E-state index < -0.39 is 11.8 Å². The molecule has 0 bridgehead atoms. The summed E-state index contributed by atoms with van der Waals surface area (Å²) in [5, 5.41) is 0.582. The van der Waals surface area contributed by atoms with Gasteiger partial charge >= 0.3 is 0 Å². The van der Waals surface area contributed by atoms with Gasteiger partial charge in [-0.05, 0) is 43.0 Å². The number of nitrogens with zero attached hydrogens (tertiary/aromatic N) is 1. The van der Waals surface area contributed by atoms with Gasteiger partial charge in [0, 0.05) is 11.8 Å².